The number of aromatic nitrogens is 5. The summed E-state index contributed by atoms with van der Waals surface area (Å²) in [6, 6.07) is 1.93. The van der Waals surface area contributed by atoms with Crippen molar-refractivity contribution in [3.63, 3.8) is 0 Å². The van der Waals surface area contributed by atoms with Crippen LogP contribution in [0.15, 0.2) is 30.9 Å². The van der Waals surface area contributed by atoms with Crippen molar-refractivity contribution in [2.45, 2.75) is 25.2 Å². The second-order valence-electron chi connectivity index (χ2n) is 6.12. The van der Waals surface area contributed by atoms with Crippen LogP contribution in [0.4, 0.5) is 0 Å². The highest BCUT2D eigenvalue weighted by Crippen LogP contribution is 2.39. The first-order valence-electron chi connectivity index (χ1n) is 7.68. The molecule has 0 saturated heterocycles. The fourth-order valence-corrected chi connectivity index (χ4v) is 3.40. The van der Waals surface area contributed by atoms with Gasteiger partial charge in [-0.2, -0.15) is 10.2 Å². The van der Waals surface area contributed by atoms with Crippen LogP contribution in [0.5, 0.6) is 0 Å². The third-order valence-corrected chi connectivity index (χ3v) is 4.59. The Morgan fingerprint density at radius 2 is 2.17 bits per heavy atom. The Morgan fingerprint density at radius 3 is 2.87 bits per heavy atom. The van der Waals surface area contributed by atoms with Gasteiger partial charge >= 0.3 is 5.97 Å². The molecule has 3 aromatic rings. The van der Waals surface area contributed by atoms with Crippen molar-refractivity contribution in [1.29, 1.82) is 0 Å². The van der Waals surface area contributed by atoms with Crippen LogP contribution >= 0.6 is 0 Å². The van der Waals surface area contributed by atoms with E-state index in [4.69, 9.17) is 4.98 Å². The molecule has 118 valence electrons. The summed E-state index contributed by atoms with van der Waals surface area (Å²) in [5.41, 5.74) is 3.63. The molecule has 4 rings (SSSR count). The van der Waals surface area contributed by atoms with E-state index in [1.165, 1.54) is 0 Å². The normalized spacial score (nSPS) is 21.1. The summed E-state index contributed by atoms with van der Waals surface area (Å²) in [6.45, 7) is 0. The van der Waals surface area contributed by atoms with Gasteiger partial charge in [0.1, 0.15) is 0 Å². The molecule has 1 aliphatic rings. The van der Waals surface area contributed by atoms with Gasteiger partial charge in [-0.05, 0) is 25.3 Å². The quantitative estimate of drug-likeness (QED) is 0.800. The molecule has 1 unspecified atom stereocenters. The number of hydrogen-bond acceptors (Lipinski definition) is 4. The van der Waals surface area contributed by atoms with Crippen LogP contribution in [0.3, 0.4) is 0 Å². The largest absolute Gasteiger partial charge is 0.481 e. The molecule has 0 bridgehead atoms. The van der Waals surface area contributed by atoms with Crippen LogP contribution in [-0.4, -0.2) is 35.5 Å². The summed E-state index contributed by atoms with van der Waals surface area (Å²) in [6.07, 6.45) is 9.52. The molecule has 0 amide bonds. The molecule has 3 aromatic heterocycles. The van der Waals surface area contributed by atoms with Crippen molar-refractivity contribution in [2.75, 3.05) is 0 Å². The molecule has 1 N–H and O–H groups in total. The second kappa shape index (κ2) is 5.19. The number of aryl methyl sites for hydroxylation is 1. The van der Waals surface area contributed by atoms with Gasteiger partial charge in [-0.3, -0.25) is 9.48 Å². The van der Waals surface area contributed by atoms with E-state index in [0.29, 0.717) is 12.8 Å². The van der Waals surface area contributed by atoms with Crippen LogP contribution in [0.1, 0.15) is 30.9 Å². The SMILES string of the molecule is Cn1cc(-c2cn3nccc3c(C3CC[C@@H](C(=O)O)C3)n2)cn1. The van der Waals surface area contributed by atoms with Crippen molar-refractivity contribution in [1.82, 2.24) is 24.4 Å². The van der Waals surface area contributed by atoms with E-state index in [9.17, 15) is 9.90 Å². The van der Waals surface area contributed by atoms with Gasteiger partial charge in [0.25, 0.3) is 0 Å². The van der Waals surface area contributed by atoms with E-state index < -0.39 is 5.97 Å². The number of carboxylic acids is 1. The molecular formula is C16H17N5O2. The Kier molecular flexibility index (Phi) is 3.14. The van der Waals surface area contributed by atoms with E-state index in [1.807, 2.05) is 30.0 Å². The molecule has 0 aliphatic heterocycles. The molecule has 1 saturated carbocycles. The lowest BCUT2D eigenvalue weighted by atomic mass is 10.00. The van der Waals surface area contributed by atoms with E-state index in [-0.39, 0.29) is 11.8 Å². The summed E-state index contributed by atoms with van der Waals surface area (Å²) < 4.78 is 3.55. The minimum Gasteiger partial charge on any atom is -0.481 e. The van der Waals surface area contributed by atoms with E-state index >= 15 is 0 Å². The zero-order valence-corrected chi connectivity index (χ0v) is 12.8. The van der Waals surface area contributed by atoms with Crippen LogP contribution in [0.25, 0.3) is 16.8 Å². The molecule has 1 fully saturated rings. The molecule has 7 nitrogen and oxygen atoms in total. The lowest BCUT2D eigenvalue weighted by molar-refractivity contribution is -0.141. The Bertz CT molecular complexity index is 882. The first-order chi connectivity index (χ1) is 11.1. The zero-order chi connectivity index (χ0) is 16.0. The Morgan fingerprint density at radius 1 is 1.30 bits per heavy atom. The van der Waals surface area contributed by atoms with Crippen LogP contribution < -0.4 is 0 Å². The van der Waals surface area contributed by atoms with E-state index in [0.717, 1.165) is 28.9 Å². The van der Waals surface area contributed by atoms with Gasteiger partial charge in [-0.25, -0.2) is 9.50 Å². The minimum atomic E-state index is -0.708. The summed E-state index contributed by atoms with van der Waals surface area (Å²) in [7, 11) is 1.87. The van der Waals surface area contributed by atoms with E-state index in [2.05, 4.69) is 10.2 Å². The highest BCUT2D eigenvalue weighted by molar-refractivity contribution is 5.71. The maximum absolute atomic E-state index is 11.2. The van der Waals surface area contributed by atoms with Gasteiger partial charge in [-0.15, -0.1) is 0 Å². The average molecular weight is 311 g/mol. The summed E-state index contributed by atoms with van der Waals surface area (Å²) in [5.74, 6) is -0.820. The Hall–Kier alpha value is -2.70. The predicted octanol–water partition coefficient (Wildman–Crippen LogP) is 2.10. The number of rotatable bonds is 3. The van der Waals surface area contributed by atoms with Gasteiger partial charge in [0.2, 0.25) is 0 Å². The Balaban J connectivity index is 1.79. The fraction of sp³-hybridized carbons (Fsp3) is 0.375. The second-order valence-corrected chi connectivity index (χ2v) is 6.12. The first kappa shape index (κ1) is 13.9. The molecular weight excluding hydrogens is 294 g/mol. The van der Waals surface area contributed by atoms with E-state index in [1.54, 1.807) is 17.1 Å². The smallest absolute Gasteiger partial charge is 0.306 e. The highest BCUT2D eigenvalue weighted by Gasteiger charge is 2.32. The van der Waals surface area contributed by atoms with Gasteiger partial charge in [-0.1, -0.05) is 0 Å². The number of fused-ring (bicyclic) bond motifs is 1. The minimum absolute atomic E-state index is 0.159. The first-order valence-corrected chi connectivity index (χ1v) is 7.68. The number of carboxylic acid groups (broad SMARTS) is 1. The van der Waals surface area contributed by atoms with Crippen LogP contribution in [-0.2, 0) is 11.8 Å². The third kappa shape index (κ3) is 2.38. The van der Waals surface area contributed by atoms with Crippen molar-refractivity contribution in [3.05, 3.63) is 36.5 Å². The van der Waals surface area contributed by atoms with Gasteiger partial charge in [0.05, 0.1) is 41.4 Å². The third-order valence-electron chi connectivity index (χ3n) is 4.59. The molecule has 0 radical (unpaired) electrons. The van der Waals surface area contributed by atoms with Gasteiger partial charge < -0.3 is 5.11 Å². The molecule has 0 spiro atoms. The maximum Gasteiger partial charge on any atom is 0.306 e. The Labute approximate surface area is 132 Å². The standard InChI is InChI=1S/C16H17N5O2/c1-20-8-12(7-18-20)13-9-21-14(4-5-17-21)15(19-13)10-2-3-11(6-10)16(22)23/h4-5,7-11H,2-3,6H2,1H3,(H,22,23)/t10?,11-/m1/s1. The zero-order valence-electron chi connectivity index (χ0n) is 12.8. The van der Waals surface area contributed by atoms with Crippen molar-refractivity contribution < 1.29 is 9.90 Å². The number of carbonyl (C=O) groups is 1. The monoisotopic (exact) mass is 311 g/mol. The van der Waals surface area contributed by atoms with Crippen LogP contribution in [0, 0.1) is 5.92 Å². The molecule has 3 heterocycles. The molecule has 0 aromatic carbocycles. The summed E-state index contributed by atoms with van der Waals surface area (Å²) >= 11 is 0. The van der Waals surface area contributed by atoms with Gasteiger partial charge in [0.15, 0.2) is 0 Å². The lowest BCUT2D eigenvalue weighted by Gasteiger charge is -2.12. The average Bonchev–Trinajstić information content (AvgIpc) is 3.25. The van der Waals surface area contributed by atoms with Crippen molar-refractivity contribution >= 4 is 11.5 Å². The number of hydrogen-bond donors (Lipinski definition) is 1. The summed E-state index contributed by atoms with van der Waals surface area (Å²) in [4.78, 5) is 16.1. The van der Waals surface area contributed by atoms with Gasteiger partial charge in [0, 0.05) is 24.7 Å². The fourth-order valence-electron chi connectivity index (χ4n) is 3.40. The van der Waals surface area contributed by atoms with Crippen LogP contribution in [0.2, 0.25) is 0 Å². The molecule has 2 atom stereocenters. The molecule has 23 heavy (non-hydrogen) atoms. The maximum atomic E-state index is 11.2. The predicted molar refractivity (Wildman–Crippen MR) is 82.9 cm³/mol. The molecule has 7 heteroatoms. The topological polar surface area (TPSA) is 85.3 Å². The summed E-state index contributed by atoms with van der Waals surface area (Å²) in [5, 5.41) is 17.8. The van der Waals surface area contributed by atoms with Crippen molar-refractivity contribution in [3.8, 4) is 11.3 Å². The number of aliphatic carboxylic acids is 1. The number of nitrogens with zero attached hydrogens (tertiary/aromatic N) is 5. The highest BCUT2D eigenvalue weighted by atomic mass is 16.4. The lowest BCUT2D eigenvalue weighted by Crippen LogP contribution is -2.10. The molecule has 1 aliphatic carbocycles. The van der Waals surface area contributed by atoms with Crippen molar-refractivity contribution in [2.24, 2.45) is 13.0 Å².